The van der Waals surface area contributed by atoms with Gasteiger partial charge in [0.25, 0.3) is 0 Å². The van der Waals surface area contributed by atoms with Crippen LogP contribution in [0.4, 0.5) is 4.39 Å². The summed E-state index contributed by atoms with van der Waals surface area (Å²) >= 11 is 0. The van der Waals surface area contributed by atoms with Crippen LogP contribution in [-0.2, 0) is 0 Å². The second-order valence-corrected chi connectivity index (χ2v) is 6.98. The lowest BCUT2D eigenvalue weighted by Crippen LogP contribution is -2.35. The fourth-order valence-corrected chi connectivity index (χ4v) is 5.31. The van der Waals surface area contributed by atoms with Crippen LogP contribution in [0.3, 0.4) is 0 Å². The maximum absolute atomic E-state index is 14.1. The molecule has 0 aromatic rings. The first-order valence-corrected chi connectivity index (χ1v) is 8.93. The molecule has 8 heteroatoms. The van der Waals surface area contributed by atoms with Gasteiger partial charge in [0.1, 0.15) is 9.81 Å². The van der Waals surface area contributed by atoms with Crippen molar-refractivity contribution < 1.29 is 4.39 Å². The van der Waals surface area contributed by atoms with Gasteiger partial charge in [-0.2, -0.15) is 9.12 Å². The number of amidine groups is 1. The molecule has 3 heterocycles. The van der Waals surface area contributed by atoms with Gasteiger partial charge in [-0.1, -0.05) is 6.92 Å². The normalized spacial score (nSPS) is 23.4. The zero-order valence-corrected chi connectivity index (χ0v) is 11.5. The van der Waals surface area contributed by atoms with E-state index in [1.165, 1.54) is 43.5 Å². The summed E-state index contributed by atoms with van der Waals surface area (Å²) in [7, 11) is 5.45. The number of nitrogens with zero attached hydrogens (tertiary/aromatic N) is 3. The number of hydrogen-bond acceptors (Lipinski definition) is 6. The lowest BCUT2D eigenvalue weighted by molar-refractivity contribution is 0.480. The third-order valence-corrected chi connectivity index (χ3v) is 5.85. The fourth-order valence-electron chi connectivity index (χ4n) is 1.59. The van der Waals surface area contributed by atoms with Crippen molar-refractivity contribution in [2.24, 2.45) is 4.40 Å². The van der Waals surface area contributed by atoms with Gasteiger partial charge >= 0.3 is 0 Å². The number of halogens is 1. The van der Waals surface area contributed by atoms with Crippen molar-refractivity contribution in [3.63, 3.8) is 0 Å². The van der Waals surface area contributed by atoms with E-state index >= 15 is 0 Å². The molecule has 16 heavy (non-hydrogen) atoms. The summed E-state index contributed by atoms with van der Waals surface area (Å²) in [5.41, 5.74) is 0. The van der Waals surface area contributed by atoms with Crippen molar-refractivity contribution in [3.05, 3.63) is 21.5 Å². The molecule has 85 valence electrons. The quantitative estimate of drug-likeness (QED) is 0.572. The van der Waals surface area contributed by atoms with Crippen molar-refractivity contribution in [2.75, 3.05) is 6.54 Å². The lowest BCUT2D eigenvalue weighted by atomic mass is 10.2. The van der Waals surface area contributed by atoms with Crippen molar-refractivity contribution in [1.29, 1.82) is 0 Å². The van der Waals surface area contributed by atoms with Crippen molar-refractivity contribution in [1.82, 2.24) is 9.62 Å². The van der Waals surface area contributed by atoms with Crippen LogP contribution < -0.4 is 4.72 Å². The molecule has 0 saturated carbocycles. The fraction of sp³-hybridized carbons (Fsp3) is 0.375. The van der Waals surface area contributed by atoms with E-state index in [1.54, 1.807) is 0 Å². The number of rotatable bonds is 2. The molecule has 0 N–H and O–H groups in total. The van der Waals surface area contributed by atoms with Crippen LogP contribution >= 0.6 is 43.5 Å². The molecule has 0 aliphatic carbocycles. The Morgan fingerprint density at radius 1 is 1.25 bits per heavy atom. The molecule has 0 aromatic heterocycles. The summed E-state index contributed by atoms with van der Waals surface area (Å²) in [6, 6.07) is 0. The van der Waals surface area contributed by atoms with E-state index in [2.05, 4.69) is 16.0 Å². The Morgan fingerprint density at radius 3 is 2.88 bits per heavy atom. The number of fused-ring (bicyclic) bond motifs is 1. The molecule has 3 rings (SSSR count). The van der Waals surface area contributed by atoms with Crippen molar-refractivity contribution in [2.45, 2.75) is 13.3 Å². The molecule has 3 aliphatic rings. The second kappa shape index (κ2) is 4.40. The van der Waals surface area contributed by atoms with E-state index in [9.17, 15) is 4.39 Å². The summed E-state index contributed by atoms with van der Waals surface area (Å²) in [5.74, 6) is 1.31. The molecule has 0 bridgehead atoms. The third-order valence-electron chi connectivity index (χ3n) is 2.25. The van der Waals surface area contributed by atoms with Gasteiger partial charge in [0.15, 0.2) is 17.5 Å². The number of allylic oxidation sites excluding steroid dienone is 1. The summed E-state index contributed by atoms with van der Waals surface area (Å²) in [5, 5.41) is 0. The summed E-state index contributed by atoms with van der Waals surface area (Å²) < 4.78 is 22.7. The van der Waals surface area contributed by atoms with Crippen LogP contribution in [0.15, 0.2) is 25.9 Å². The highest BCUT2D eigenvalue weighted by molar-refractivity contribution is 8.79. The zero-order chi connectivity index (χ0) is 11.1. The first kappa shape index (κ1) is 11.2. The van der Waals surface area contributed by atoms with Crippen LogP contribution in [-0.4, -0.2) is 17.3 Å². The van der Waals surface area contributed by atoms with Gasteiger partial charge in [0.05, 0.1) is 22.0 Å². The molecule has 0 fully saturated rings. The van der Waals surface area contributed by atoms with E-state index in [-0.39, 0.29) is 5.83 Å². The van der Waals surface area contributed by atoms with Crippen LogP contribution in [0, 0.1) is 0 Å². The number of hydrogen-bond donors (Lipinski definition) is 0. The zero-order valence-electron chi connectivity index (χ0n) is 8.27. The van der Waals surface area contributed by atoms with Crippen LogP contribution in [0.1, 0.15) is 13.3 Å². The molecule has 0 unspecified atom stereocenters. The predicted molar refractivity (Wildman–Crippen MR) is 72.1 cm³/mol. The smallest absolute Gasteiger partial charge is 0.161 e. The predicted octanol–water partition coefficient (Wildman–Crippen LogP) is 3.69. The Bertz CT molecular complexity index is 431. The summed E-state index contributed by atoms with van der Waals surface area (Å²) in [4.78, 5) is 3.33. The molecule has 3 nitrogen and oxygen atoms in total. The molecular weight excluding hydrogens is 285 g/mol. The maximum Gasteiger partial charge on any atom is 0.161 e. The third kappa shape index (κ3) is 1.58. The van der Waals surface area contributed by atoms with Gasteiger partial charge in [-0.3, -0.25) is 0 Å². The maximum atomic E-state index is 14.1. The minimum atomic E-state index is -0.158. The second-order valence-electron chi connectivity index (χ2n) is 3.27. The van der Waals surface area contributed by atoms with E-state index in [0.29, 0.717) is 9.81 Å². The van der Waals surface area contributed by atoms with Gasteiger partial charge in [-0.05, 0) is 28.0 Å². The topological polar surface area (TPSA) is 29.7 Å². The molecule has 0 aromatic carbocycles. The van der Waals surface area contributed by atoms with Gasteiger partial charge in [0.2, 0.25) is 0 Å². The monoisotopic (exact) mass is 292 g/mol. The molecule has 3 aliphatic heterocycles. The average molecular weight is 292 g/mol. The van der Waals surface area contributed by atoms with E-state index in [1.807, 2.05) is 4.90 Å². The Labute approximate surface area is 109 Å². The van der Waals surface area contributed by atoms with E-state index in [0.717, 1.165) is 24.6 Å². The minimum absolute atomic E-state index is 0.158. The summed E-state index contributed by atoms with van der Waals surface area (Å²) in [6.07, 6.45) is 0.991. The SMILES string of the molecule is CCCN1C2=NSSC2=C(F)C2=C1[N]SS2. The van der Waals surface area contributed by atoms with Crippen molar-refractivity contribution in [3.8, 4) is 0 Å². The van der Waals surface area contributed by atoms with Crippen LogP contribution in [0.5, 0.6) is 0 Å². The first-order valence-electron chi connectivity index (χ1n) is 4.71. The summed E-state index contributed by atoms with van der Waals surface area (Å²) in [6.45, 7) is 2.93. The van der Waals surface area contributed by atoms with Crippen LogP contribution in [0.25, 0.3) is 0 Å². The highest BCUT2D eigenvalue weighted by atomic mass is 33.1. The average Bonchev–Trinajstić information content (AvgIpc) is 2.92. The molecule has 0 amide bonds. The Hall–Kier alpha value is 0.0800. The highest BCUT2D eigenvalue weighted by Crippen LogP contribution is 2.54. The molecule has 0 saturated heterocycles. The Kier molecular flexibility index (Phi) is 3.07. The standard InChI is InChI=1S/C8H7FN3S4/c1-2-3-12-7-5(13-15-10-7)4(9)6-8(12)11-16-14-6/h2-3H2,1H3. The van der Waals surface area contributed by atoms with Gasteiger partial charge < -0.3 is 4.90 Å². The van der Waals surface area contributed by atoms with Crippen molar-refractivity contribution >= 4 is 49.4 Å². The Morgan fingerprint density at radius 2 is 2.06 bits per heavy atom. The molecule has 0 atom stereocenters. The lowest BCUT2D eigenvalue weighted by Gasteiger charge is -2.27. The minimum Gasteiger partial charge on any atom is -0.308 e. The molecular formula is C8H7FN3S4. The largest absolute Gasteiger partial charge is 0.308 e. The van der Waals surface area contributed by atoms with Gasteiger partial charge in [-0.25, -0.2) is 4.39 Å². The first-order chi connectivity index (χ1) is 7.83. The van der Waals surface area contributed by atoms with Gasteiger partial charge in [0, 0.05) is 6.54 Å². The Balaban J connectivity index is 2.07. The van der Waals surface area contributed by atoms with E-state index in [4.69, 9.17) is 0 Å². The van der Waals surface area contributed by atoms with Gasteiger partial charge in [-0.15, -0.1) is 0 Å². The van der Waals surface area contributed by atoms with E-state index < -0.39 is 0 Å². The highest BCUT2D eigenvalue weighted by Gasteiger charge is 2.39. The molecule has 1 radical (unpaired) electrons. The molecule has 0 spiro atoms. The van der Waals surface area contributed by atoms with Crippen LogP contribution in [0.2, 0.25) is 0 Å².